The third-order valence-electron chi connectivity index (χ3n) is 4.40. The van der Waals surface area contributed by atoms with Gasteiger partial charge in [0.2, 0.25) is 0 Å². The standard InChI is InChI=1S/C19H26N2/c1-5-14(2)18(16-9-7-6-8-10-16)19(20-4)17-12-11-15(3)21-13-17/h6-14,18-20H,5H2,1-4H3. The van der Waals surface area contributed by atoms with Crippen LogP contribution in [0.5, 0.6) is 0 Å². The maximum atomic E-state index is 4.47. The fraction of sp³-hybridized carbons (Fsp3) is 0.421. The minimum absolute atomic E-state index is 0.287. The summed E-state index contributed by atoms with van der Waals surface area (Å²) in [5.41, 5.74) is 3.72. The molecule has 2 rings (SSSR count). The monoisotopic (exact) mass is 282 g/mol. The van der Waals surface area contributed by atoms with E-state index in [-0.39, 0.29) is 6.04 Å². The number of hydrogen-bond donors (Lipinski definition) is 1. The largest absolute Gasteiger partial charge is 0.312 e. The molecule has 2 heteroatoms. The first kappa shape index (κ1) is 15.7. The predicted molar refractivity (Wildman–Crippen MR) is 89.4 cm³/mol. The van der Waals surface area contributed by atoms with E-state index in [0.29, 0.717) is 11.8 Å². The lowest BCUT2D eigenvalue weighted by atomic mass is 9.78. The van der Waals surface area contributed by atoms with Gasteiger partial charge in [0.05, 0.1) is 0 Å². The van der Waals surface area contributed by atoms with Gasteiger partial charge >= 0.3 is 0 Å². The fourth-order valence-electron chi connectivity index (χ4n) is 3.00. The van der Waals surface area contributed by atoms with E-state index in [0.717, 1.165) is 12.1 Å². The minimum atomic E-state index is 0.287. The molecule has 0 aliphatic rings. The average Bonchev–Trinajstić information content (AvgIpc) is 2.53. The Hall–Kier alpha value is -1.67. The van der Waals surface area contributed by atoms with E-state index in [1.54, 1.807) is 0 Å². The van der Waals surface area contributed by atoms with Crippen molar-refractivity contribution in [3.05, 3.63) is 65.5 Å². The van der Waals surface area contributed by atoms with Crippen molar-refractivity contribution in [2.75, 3.05) is 7.05 Å². The summed E-state index contributed by atoms with van der Waals surface area (Å²) in [4.78, 5) is 4.47. The van der Waals surface area contributed by atoms with Gasteiger partial charge in [0.25, 0.3) is 0 Å². The molecule has 0 spiro atoms. The first-order valence-corrected chi connectivity index (χ1v) is 7.82. The van der Waals surface area contributed by atoms with Crippen molar-refractivity contribution in [2.24, 2.45) is 5.92 Å². The number of aromatic nitrogens is 1. The number of aryl methyl sites for hydroxylation is 1. The Morgan fingerprint density at radius 2 is 1.76 bits per heavy atom. The molecule has 0 fully saturated rings. The number of nitrogens with zero attached hydrogens (tertiary/aromatic N) is 1. The zero-order chi connectivity index (χ0) is 15.2. The van der Waals surface area contributed by atoms with Crippen LogP contribution in [-0.2, 0) is 0 Å². The number of hydrogen-bond acceptors (Lipinski definition) is 2. The maximum Gasteiger partial charge on any atom is 0.0405 e. The third kappa shape index (κ3) is 3.70. The molecule has 1 heterocycles. The predicted octanol–water partition coefficient (Wildman–Crippen LogP) is 4.48. The zero-order valence-electron chi connectivity index (χ0n) is 13.5. The smallest absolute Gasteiger partial charge is 0.0405 e. The van der Waals surface area contributed by atoms with Crippen LogP contribution in [0.25, 0.3) is 0 Å². The number of nitrogens with one attached hydrogen (secondary N) is 1. The van der Waals surface area contributed by atoms with Crippen LogP contribution in [0.4, 0.5) is 0 Å². The second-order valence-electron chi connectivity index (χ2n) is 5.82. The number of pyridine rings is 1. The van der Waals surface area contributed by atoms with Gasteiger partial charge in [-0.25, -0.2) is 0 Å². The van der Waals surface area contributed by atoms with Gasteiger partial charge in [-0.2, -0.15) is 0 Å². The second kappa shape index (κ2) is 7.37. The fourth-order valence-corrected chi connectivity index (χ4v) is 3.00. The highest BCUT2D eigenvalue weighted by Gasteiger charge is 2.27. The molecule has 3 unspecified atom stereocenters. The summed E-state index contributed by atoms with van der Waals surface area (Å²) in [6.07, 6.45) is 3.17. The van der Waals surface area contributed by atoms with Crippen LogP contribution >= 0.6 is 0 Å². The van der Waals surface area contributed by atoms with Crippen molar-refractivity contribution < 1.29 is 0 Å². The van der Waals surface area contributed by atoms with Gasteiger partial charge in [0, 0.05) is 23.9 Å². The van der Waals surface area contributed by atoms with E-state index < -0.39 is 0 Å². The van der Waals surface area contributed by atoms with E-state index in [1.165, 1.54) is 11.1 Å². The van der Waals surface area contributed by atoms with Gasteiger partial charge in [-0.1, -0.05) is 56.7 Å². The van der Waals surface area contributed by atoms with E-state index in [9.17, 15) is 0 Å². The van der Waals surface area contributed by atoms with Crippen LogP contribution in [0, 0.1) is 12.8 Å². The quantitative estimate of drug-likeness (QED) is 0.845. The molecule has 0 amide bonds. The highest BCUT2D eigenvalue weighted by Crippen LogP contribution is 2.37. The first-order valence-electron chi connectivity index (χ1n) is 7.82. The number of rotatable bonds is 6. The Morgan fingerprint density at radius 3 is 2.29 bits per heavy atom. The molecule has 0 saturated heterocycles. The van der Waals surface area contributed by atoms with Crippen molar-refractivity contribution in [3.8, 4) is 0 Å². The van der Waals surface area contributed by atoms with Crippen molar-refractivity contribution in [2.45, 2.75) is 39.2 Å². The van der Waals surface area contributed by atoms with Crippen molar-refractivity contribution in [1.29, 1.82) is 0 Å². The van der Waals surface area contributed by atoms with E-state index in [1.807, 2.05) is 20.2 Å². The van der Waals surface area contributed by atoms with Crippen LogP contribution in [0.1, 0.15) is 49.0 Å². The first-order chi connectivity index (χ1) is 10.2. The summed E-state index contributed by atoms with van der Waals surface area (Å²) in [6, 6.07) is 15.4. The molecule has 1 N–H and O–H groups in total. The van der Waals surface area contributed by atoms with Crippen LogP contribution in [0.15, 0.2) is 48.7 Å². The molecule has 21 heavy (non-hydrogen) atoms. The molecule has 0 radical (unpaired) electrons. The molecule has 1 aromatic heterocycles. The second-order valence-corrected chi connectivity index (χ2v) is 5.82. The lowest BCUT2D eigenvalue weighted by molar-refractivity contribution is 0.354. The molecule has 112 valence electrons. The summed E-state index contributed by atoms with van der Waals surface area (Å²) < 4.78 is 0. The van der Waals surface area contributed by atoms with E-state index in [4.69, 9.17) is 0 Å². The lowest BCUT2D eigenvalue weighted by Crippen LogP contribution is -2.28. The Morgan fingerprint density at radius 1 is 1.05 bits per heavy atom. The van der Waals surface area contributed by atoms with Gasteiger partial charge in [-0.15, -0.1) is 0 Å². The average molecular weight is 282 g/mol. The van der Waals surface area contributed by atoms with Crippen molar-refractivity contribution in [3.63, 3.8) is 0 Å². The van der Waals surface area contributed by atoms with Gasteiger partial charge in [-0.05, 0) is 37.1 Å². The SMILES string of the molecule is CCC(C)C(c1ccccc1)C(NC)c1ccc(C)nc1. The number of likely N-dealkylation sites (N-methyl/N-ethyl adjacent to an activating group) is 1. The maximum absolute atomic E-state index is 4.47. The Balaban J connectivity index is 2.40. The molecule has 3 atom stereocenters. The Labute approximate surface area is 128 Å². The van der Waals surface area contributed by atoms with Crippen LogP contribution in [-0.4, -0.2) is 12.0 Å². The molecule has 0 aliphatic carbocycles. The number of benzene rings is 1. The van der Waals surface area contributed by atoms with Gasteiger partial charge in [-0.3, -0.25) is 4.98 Å². The summed E-state index contributed by atoms with van der Waals surface area (Å²) in [5.74, 6) is 1.05. The highest BCUT2D eigenvalue weighted by atomic mass is 14.9. The molecule has 1 aromatic carbocycles. The van der Waals surface area contributed by atoms with Crippen LogP contribution in [0.3, 0.4) is 0 Å². The highest BCUT2D eigenvalue weighted by molar-refractivity contribution is 5.28. The zero-order valence-corrected chi connectivity index (χ0v) is 13.5. The minimum Gasteiger partial charge on any atom is -0.312 e. The summed E-state index contributed by atoms with van der Waals surface area (Å²) in [5, 5.41) is 3.51. The molecular weight excluding hydrogens is 256 g/mol. The Kier molecular flexibility index (Phi) is 5.51. The van der Waals surface area contributed by atoms with Gasteiger partial charge in [0.15, 0.2) is 0 Å². The summed E-state index contributed by atoms with van der Waals surface area (Å²) in [7, 11) is 2.04. The lowest BCUT2D eigenvalue weighted by Gasteiger charge is -2.32. The normalized spacial score (nSPS) is 15.4. The molecular formula is C19H26N2. The topological polar surface area (TPSA) is 24.9 Å². The Bertz CT molecular complexity index is 533. The molecule has 2 nitrogen and oxygen atoms in total. The molecule has 2 aromatic rings. The summed E-state index contributed by atoms with van der Waals surface area (Å²) >= 11 is 0. The third-order valence-corrected chi connectivity index (χ3v) is 4.40. The summed E-state index contributed by atoms with van der Waals surface area (Å²) in [6.45, 7) is 6.63. The van der Waals surface area contributed by atoms with Gasteiger partial charge < -0.3 is 5.32 Å². The van der Waals surface area contributed by atoms with Crippen LogP contribution < -0.4 is 5.32 Å². The molecule has 0 saturated carbocycles. The van der Waals surface area contributed by atoms with Crippen molar-refractivity contribution in [1.82, 2.24) is 10.3 Å². The molecule has 0 aliphatic heterocycles. The van der Waals surface area contributed by atoms with Crippen LogP contribution in [0.2, 0.25) is 0 Å². The van der Waals surface area contributed by atoms with Crippen molar-refractivity contribution >= 4 is 0 Å². The van der Waals surface area contributed by atoms with Gasteiger partial charge in [0.1, 0.15) is 0 Å². The van der Waals surface area contributed by atoms with E-state index >= 15 is 0 Å². The molecule has 0 bridgehead atoms. The van der Waals surface area contributed by atoms with E-state index in [2.05, 4.69) is 66.6 Å².